The van der Waals surface area contributed by atoms with Gasteiger partial charge in [-0.3, -0.25) is 9.69 Å². The Bertz CT molecular complexity index is 410. The van der Waals surface area contributed by atoms with Crippen LogP contribution in [-0.4, -0.2) is 29.8 Å². The number of rotatable bonds is 6. The summed E-state index contributed by atoms with van der Waals surface area (Å²) in [6.07, 6.45) is 5.55. The highest BCUT2D eigenvalue weighted by Gasteiger charge is 2.27. The van der Waals surface area contributed by atoms with Gasteiger partial charge in [0.2, 0.25) is 0 Å². The summed E-state index contributed by atoms with van der Waals surface area (Å²) in [5.74, 6) is 0.311. The highest BCUT2D eigenvalue weighted by Crippen LogP contribution is 2.19. The highest BCUT2D eigenvalue weighted by atomic mass is 35.5. The number of carbonyl (C=O) groups is 1. The van der Waals surface area contributed by atoms with Crippen molar-refractivity contribution in [3.8, 4) is 0 Å². The van der Waals surface area contributed by atoms with Crippen LogP contribution in [0, 0.1) is 0 Å². The zero-order valence-corrected chi connectivity index (χ0v) is 13.4. The Kier molecular flexibility index (Phi) is 7.25. The SMILES string of the molecule is CCCC(C(=O)c1ccc(CC)cc1)N1CCCC1.Cl. The number of ketones is 1. The zero-order valence-electron chi connectivity index (χ0n) is 12.6. The standard InChI is InChI=1S/C17H25NO.ClH/c1-3-7-16(18-12-5-6-13-18)17(19)15-10-8-14(4-2)9-11-15;/h8-11,16H,3-7,12-13H2,1-2H3;1H. The smallest absolute Gasteiger partial charge is 0.179 e. The molecule has 1 saturated heterocycles. The van der Waals surface area contributed by atoms with Gasteiger partial charge in [-0.25, -0.2) is 0 Å². The minimum atomic E-state index is 0. The maximum Gasteiger partial charge on any atom is 0.179 e. The Morgan fingerprint density at radius 3 is 2.25 bits per heavy atom. The fraction of sp³-hybridized carbons (Fsp3) is 0.588. The molecule has 1 fully saturated rings. The second-order valence-corrected chi connectivity index (χ2v) is 5.46. The Balaban J connectivity index is 0.00000200. The van der Waals surface area contributed by atoms with E-state index in [1.807, 2.05) is 12.1 Å². The van der Waals surface area contributed by atoms with Gasteiger partial charge in [-0.15, -0.1) is 12.4 Å². The van der Waals surface area contributed by atoms with E-state index in [2.05, 4.69) is 30.9 Å². The van der Waals surface area contributed by atoms with Gasteiger partial charge in [0.05, 0.1) is 6.04 Å². The maximum absolute atomic E-state index is 12.7. The molecule has 0 bridgehead atoms. The van der Waals surface area contributed by atoms with Crippen molar-refractivity contribution in [3.05, 3.63) is 35.4 Å². The second kappa shape index (κ2) is 8.43. The molecule has 2 rings (SSSR count). The number of nitrogens with zero attached hydrogens (tertiary/aromatic N) is 1. The van der Waals surface area contributed by atoms with Gasteiger partial charge in [0.1, 0.15) is 0 Å². The summed E-state index contributed by atoms with van der Waals surface area (Å²) in [5.41, 5.74) is 2.17. The molecule has 0 spiro atoms. The molecular weight excluding hydrogens is 270 g/mol. The zero-order chi connectivity index (χ0) is 13.7. The molecule has 0 radical (unpaired) electrons. The van der Waals surface area contributed by atoms with E-state index in [9.17, 15) is 4.79 Å². The van der Waals surface area contributed by atoms with Crippen LogP contribution in [0.25, 0.3) is 0 Å². The number of hydrogen-bond acceptors (Lipinski definition) is 2. The van der Waals surface area contributed by atoms with E-state index in [4.69, 9.17) is 0 Å². The molecule has 0 amide bonds. The third kappa shape index (κ3) is 4.07. The van der Waals surface area contributed by atoms with E-state index >= 15 is 0 Å². The van der Waals surface area contributed by atoms with Crippen LogP contribution in [-0.2, 0) is 6.42 Å². The quantitative estimate of drug-likeness (QED) is 0.736. The second-order valence-electron chi connectivity index (χ2n) is 5.46. The van der Waals surface area contributed by atoms with Crippen molar-refractivity contribution >= 4 is 18.2 Å². The third-order valence-electron chi connectivity index (χ3n) is 4.09. The van der Waals surface area contributed by atoms with Gasteiger partial charge >= 0.3 is 0 Å². The van der Waals surface area contributed by atoms with Crippen molar-refractivity contribution in [2.75, 3.05) is 13.1 Å². The number of carbonyl (C=O) groups excluding carboxylic acids is 1. The molecular formula is C17H26ClNO. The summed E-state index contributed by atoms with van der Waals surface area (Å²) in [6, 6.07) is 8.26. The van der Waals surface area contributed by atoms with Gasteiger partial charge in [-0.1, -0.05) is 44.5 Å². The lowest BCUT2D eigenvalue weighted by Crippen LogP contribution is -2.39. The summed E-state index contributed by atoms with van der Waals surface area (Å²) in [5, 5.41) is 0. The summed E-state index contributed by atoms with van der Waals surface area (Å²) in [6.45, 7) is 6.48. The number of hydrogen-bond donors (Lipinski definition) is 0. The molecule has 0 saturated carbocycles. The number of likely N-dealkylation sites (tertiary alicyclic amines) is 1. The third-order valence-corrected chi connectivity index (χ3v) is 4.09. The first-order valence-corrected chi connectivity index (χ1v) is 7.63. The van der Waals surface area contributed by atoms with Gasteiger partial charge in [0, 0.05) is 5.56 Å². The molecule has 2 nitrogen and oxygen atoms in total. The van der Waals surface area contributed by atoms with Gasteiger partial charge in [0.25, 0.3) is 0 Å². The molecule has 1 aromatic carbocycles. The molecule has 20 heavy (non-hydrogen) atoms. The maximum atomic E-state index is 12.7. The van der Waals surface area contributed by atoms with Crippen LogP contribution in [0.4, 0.5) is 0 Å². The predicted octanol–water partition coefficient (Wildman–Crippen LogP) is 4.12. The molecule has 1 unspecified atom stereocenters. The van der Waals surface area contributed by atoms with Crippen molar-refractivity contribution in [1.29, 1.82) is 0 Å². The van der Waals surface area contributed by atoms with E-state index in [1.165, 1.54) is 18.4 Å². The summed E-state index contributed by atoms with van der Waals surface area (Å²) in [7, 11) is 0. The van der Waals surface area contributed by atoms with Crippen LogP contribution in [0.1, 0.15) is 55.5 Å². The van der Waals surface area contributed by atoms with Crippen LogP contribution in [0.2, 0.25) is 0 Å². The lowest BCUT2D eigenvalue weighted by molar-refractivity contribution is 0.0837. The minimum Gasteiger partial charge on any atom is -0.293 e. The van der Waals surface area contributed by atoms with Gasteiger partial charge in [-0.2, -0.15) is 0 Å². The first-order valence-electron chi connectivity index (χ1n) is 7.63. The van der Waals surface area contributed by atoms with E-state index in [1.54, 1.807) is 0 Å². The van der Waals surface area contributed by atoms with Gasteiger partial charge in [0.15, 0.2) is 5.78 Å². The molecule has 112 valence electrons. The average Bonchev–Trinajstić information content (AvgIpc) is 2.98. The van der Waals surface area contributed by atoms with Crippen LogP contribution in [0.5, 0.6) is 0 Å². The van der Waals surface area contributed by atoms with E-state index in [-0.39, 0.29) is 18.4 Å². The number of benzene rings is 1. The average molecular weight is 296 g/mol. The normalized spacial score (nSPS) is 16.7. The van der Waals surface area contributed by atoms with Crippen molar-refractivity contribution in [1.82, 2.24) is 4.90 Å². The first kappa shape index (κ1) is 17.2. The Hall–Kier alpha value is -0.860. The number of Topliss-reactive ketones (excluding diaryl/α,β-unsaturated/α-hetero) is 1. The monoisotopic (exact) mass is 295 g/mol. The predicted molar refractivity (Wildman–Crippen MR) is 86.9 cm³/mol. The molecule has 1 heterocycles. The van der Waals surface area contributed by atoms with E-state index in [0.29, 0.717) is 5.78 Å². The summed E-state index contributed by atoms with van der Waals surface area (Å²) < 4.78 is 0. The van der Waals surface area contributed by atoms with Crippen molar-refractivity contribution in [3.63, 3.8) is 0 Å². The molecule has 1 aromatic rings. The summed E-state index contributed by atoms with van der Waals surface area (Å²) in [4.78, 5) is 15.1. The van der Waals surface area contributed by atoms with Crippen LogP contribution < -0.4 is 0 Å². The molecule has 0 N–H and O–H groups in total. The molecule has 1 aliphatic heterocycles. The molecule has 0 aliphatic carbocycles. The van der Waals surface area contributed by atoms with Crippen molar-refractivity contribution < 1.29 is 4.79 Å². The Morgan fingerprint density at radius 2 is 1.75 bits per heavy atom. The topological polar surface area (TPSA) is 20.3 Å². The summed E-state index contributed by atoms with van der Waals surface area (Å²) >= 11 is 0. The lowest BCUT2D eigenvalue weighted by Gasteiger charge is -2.26. The highest BCUT2D eigenvalue weighted by molar-refractivity contribution is 6.00. The van der Waals surface area contributed by atoms with Crippen molar-refractivity contribution in [2.45, 2.75) is 52.0 Å². The Labute approximate surface area is 129 Å². The fourth-order valence-corrected chi connectivity index (χ4v) is 2.90. The molecule has 1 atom stereocenters. The molecule has 3 heteroatoms. The number of aryl methyl sites for hydroxylation is 1. The van der Waals surface area contributed by atoms with Gasteiger partial charge in [-0.05, 0) is 44.3 Å². The van der Waals surface area contributed by atoms with Gasteiger partial charge < -0.3 is 0 Å². The van der Waals surface area contributed by atoms with Crippen LogP contribution in [0.15, 0.2) is 24.3 Å². The first-order chi connectivity index (χ1) is 9.26. The van der Waals surface area contributed by atoms with Crippen LogP contribution in [0.3, 0.4) is 0 Å². The van der Waals surface area contributed by atoms with E-state index < -0.39 is 0 Å². The largest absolute Gasteiger partial charge is 0.293 e. The molecule has 0 aromatic heterocycles. The molecule has 1 aliphatic rings. The lowest BCUT2D eigenvalue weighted by atomic mass is 9.98. The van der Waals surface area contributed by atoms with Crippen molar-refractivity contribution in [2.24, 2.45) is 0 Å². The fourth-order valence-electron chi connectivity index (χ4n) is 2.90. The minimum absolute atomic E-state index is 0. The Morgan fingerprint density at radius 1 is 1.15 bits per heavy atom. The number of halogens is 1. The van der Waals surface area contributed by atoms with Crippen LogP contribution >= 0.6 is 12.4 Å². The van der Waals surface area contributed by atoms with E-state index in [0.717, 1.165) is 37.9 Å².